The largest absolute Gasteiger partial charge is 0.462 e. The molecular formula is C29H44O5. The van der Waals surface area contributed by atoms with Crippen LogP contribution in [-0.4, -0.2) is 24.3 Å². The second-order valence-corrected chi connectivity index (χ2v) is 13.6. The first-order chi connectivity index (χ1) is 15.8. The predicted octanol–water partition coefficient (Wildman–Crippen LogP) is 6.41. The van der Waals surface area contributed by atoms with Crippen LogP contribution in [0, 0.1) is 45.3 Å². The van der Waals surface area contributed by atoms with Crippen LogP contribution in [0.2, 0.25) is 0 Å². The van der Waals surface area contributed by atoms with Crippen LogP contribution in [0.3, 0.4) is 0 Å². The molecular weight excluding hydrogens is 428 g/mol. The van der Waals surface area contributed by atoms with Gasteiger partial charge in [-0.25, -0.2) is 0 Å². The number of ether oxygens (including phenoxy) is 3. The van der Waals surface area contributed by atoms with Gasteiger partial charge in [0.1, 0.15) is 6.10 Å². The van der Waals surface area contributed by atoms with Crippen LogP contribution in [0.15, 0.2) is 11.8 Å². The monoisotopic (exact) mass is 472 g/mol. The van der Waals surface area contributed by atoms with E-state index in [9.17, 15) is 9.59 Å². The average molecular weight is 473 g/mol. The van der Waals surface area contributed by atoms with Crippen LogP contribution >= 0.6 is 0 Å². The highest BCUT2D eigenvalue weighted by Crippen LogP contribution is 2.74. The molecule has 5 nitrogen and oxygen atoms in total. The SMILES string of the molecule is CC(=O)OC1CC2C(C)(CCC3C4(C)CCCC(C)(C)C4CCC23C)C2C1=COC2OC(C)=O. The van der Waals surface area contributed by atoms with Gasteiger partial charge in [-0.2, -0.15) is 0 Å². The zero-order chi connectivity index (χ0) is 24.7. The van der Waals surface area contributed by atoms with Crippen LogP contribution in [0.5, 0.6) is 0 Å². The molecule has 34 heavy (non-hydrogen) atoms. The average Bonchev–Trinajstić information content (AvgIpc) is 3.12. The molecule has 0 spiro atoms. The summed E-state index contributed by atoms with van der Waals surface area (Å²) in [6, 6.07) is 0. The number of rotatable bonds is 2. The fraction of sp³-hybridized carbons (Fsp3) is 0.862. The highest BCUT2D eigenvalue weighted by molar-refractivity contribution is 5.67. The van der Waals surface area contributed by atoms with Gasteiger partial charge < -0.3 is 14.2 Å². The molecule has 5 heteroatoms. The molecule has 0 saturated heterocycles. The van der Waals surface area contributed by atoms with E-state index >= 15 is 0 Å². The van der Waals surface area contributed by atoms with Crippen LogP contribution < -0.4 is 0 Å². The minimum absolute atomic E-state index is 0.0578. The number of hydrogen-bond acceptors (Lipinski definition) is 5. The Bertz CT molecular complexity index is 906. The number of hydrogen-bond donors (Lipinski definition) is 0. The highest BCUT2D eigenvalue weighted by atomic mass is 16.7. The maximum Gasteiger partial charge on any atom is 0.305 e. The first-order valence-corrected chi connectivity index (χ1v) is 13.5. The Morgan fingerprint density at radius 2 is 1.44 bits per heavy atom. The summed E-state index contributed by atoms with van der Waals surface area (Å²) in [7, 11) is 0. The molecule has 5 rings (SSSR count). The van der Waals surface area contributed by atoms with Crippen LogP contribution in [-0.2, 0) is 23.8 Å². The molecule has 0 bridgehead atoms. The van der Waals surface area contributed by atoms with E-state index in [0.717, 1.165) is 24.3 Å². The van der Waals surface area contributed by atoms with E-state index in [1.807, 2.05) is 0 Å². The Labute approximate surface area is 205 Å². The molecule has 4 aliphatic carbocycles. The van der Waals surface area contributed by atoms with Crippen LogP contribution in [0.1, 0.15) is 99.8 Å². The van der Waals surface area contributed by atoms with Crippen molar-refractivity contribution in [2.75, 3.05) is 0 Å². The van der Waals surface area contributed by atoms with Gasteiger partial charge in [0.25, 0.3) is 6.29 Å². The summed E-state index contributed by atoms with van der Waals surface area (Å²) < 4.78 is 17.6. The zero-order valence-electron chi connectivity index (χ0n) is 22.2. The minimum atomic E-state index is -0.626. The quantitative estimate of drug-likeness (QED) is 0.435. The van der Waals surface area contributed by atoms with Gasteiger partial charge in [-0.05, 0) is 84.4 Å². The highest BCUT2D eigenvalue weighted by Gasteiger charge is 2.69. The first-order valence-electron chi connectivity index (χ1n) is 13.5. The molecule has 0 amide bonds. The Morgan fingerprint density at radius 1 is 0.824 bits per heavy atom. The van der Waals surface area contributed by atoms with Gasteiger partial charge in [-0.15, -0.1) is 0 Å². The van der Waals surface area contributed by atoms with Crippen molar-refractivity contribution in [2.24, 2.45) is 45.3 Å². The molecule has 5 aliphatic rings. The van der Waals surface area contributed by atoms with E-state index < -0.39 is 6.29 Å². The minimum Gasteiger partial charge on any atom is -0.462 e. The van der Waals surface area contributed by atoms with Gasteiger partial charge in [-0.1, -0.05) is 41.0 Å². The van der Waals surface area contributed by atoms with E-state index in [1.165, 1.54) is 52.4 Å². The van der Waals surface area contributed by atoms with Gasteiger partial charge in [0.15, 0.2) is 0 Å². The molecule has 0 aromatic carbocycles. The Hall–Kier alpha value is -1.52. The third-order valence-electron chi connectivity index (χ3n) is 11.5. The molecule has 1 aliphatic heterocycles. The lowest BCUT2D eigenvalue weighted by atomic mass is 9.35. The zero-order valence-corrected chi connectivity index (χ0v) is 22.2. The second-order valence-electron chi connectivity index (χ2n) is 13.6. The lowest BCUT2D eigenvalue weighted by molar-refractivity contribution is -0.232. The number of carbonyl (C=O) groups excluding carboxylic acids is 2. The third-order valence-corrected chi connectivity index (χ3v) is 11.5. The summed E-state index contributed by atoms with van der Waals surface area (Å²) in [4.78, 5) is 24.0. The summed E-state index contributed by atoms with van der Waals surface area (Å²) in [5.41, 5.74) is 1.86. The fourth-order valence-corrected chi connectivity index (χ4v) is 10.4. The molecule has 0 aromatic heterocycles. The molecule has 4 fully saturated rings. The van der Waals surface area contributed by atoms with Crippen molar-refractivity contribution >= 4 is 11.9 Å². The summed E-state index contributed by atoms with van der Waals surface area (Å²) in [5.74, 6) is 1.16. The maximum absolute atomic E-state index is 12.1. The van der Waals surface area contributed by atoms with Gasteiger partial charge in [-0.3, -0.25) is 9.59 Å². The maximum atomic E-state index is 12.1. The number of carbonyl (C=O) groups is 2. The first kappa shape index (κ1) is 24.2. The van der Waals surface area contributed by atoms with Crippen molar-refractivity contribution in [1.29, 1.82) is 0 Å². The summed E-state index contributed by atoms with van der Waals surface area (Å²) in [6.45, 7) is 15.5. The van der Waals surface area contributed by atoms with Crippen molar-refractivity contribution in [1.82, 2.24) is 0 Å². The smallest absolute Gasteiger partial charge is 0.305 e. The molecule has 9 unspecified atom stereocenters. The normalized spacial score (nSPS) is 48.7. The molecule has 0 radical (unpaired) electrons. The van der Waals surface area contributed by atoms with E-state index in [2.05, 4.69) is 34.6 Å². The standard InChI is InChI=1S/C29H44O5/c1-17(30)33-20-15-23-28(6)13-9-21-26(3,4)11-8-12-27(21,5)22(28)10-14-29(23,7)24-19(20)16-32-25(24)34-18(2)31/h16,20-25H,8-15H2,1-7H3. The fourth-order valence-electron chi connectivity index (χ4n) is 10.4. The molecule has 4 saturated carbocycles. The Balaban J connectivity index is 1.55. The van der Waals surface area contributed by atoms with Crippen molar-refractivity contribution in [2.45, 2.75) is 112 Å². The van der Waals surface area contributed by atoms with Crippen molar-refractivity contribution < 1.29 is 23.8 Å². The lowest BCUT2D eigenvalue weighted by Crippen LogP contribution is -2.64. The second kappa shape index (κ2) is 7.74. The van der Waals surface area contributed by atoms with E-state index in [4.69, 9.17) is 14.2 Å². The summed E-state index contributed by atoms with van der Waals surface area (Å²) >= 11 is 0. The predicted molar refractivity (Wildman–Crippen MR) is 129 cm³/mol. The van der Waals surface area contributed by atoms with Crippen molar-refractivity contribution in [3.63, 3.8) is 0 Å². The topological polar surface area (TPSA) is 61.8 Å². The molecule has 0 N–H and O–H groups in total. The lowest BCUT2D eigenvalue weighted by Gasteiger charge is -2.70. The third kappa shape index (κ3) is 3.31. The van der Waals surface area contributed by atoms with Gasteiger partial charge in [0.05, 0.1) is 12.2 Å². The summed E-state index contributed by atoms with van der Waals surface area (Å²) in [5, 5.41) is 0. The van der Waals surface area contributed by atoms with Crippen molar-refractivity contribution in [3.8, 4) is 0 Å². The molecule has 1 heterocycles. The van der Waals surface area contributed by atoms with Gasteiger partial charge in [0.2, 0.25) is 0 Å². The number of fused-ring (bicyclic) bond motifs is 7. The van der Waals surface area contributed by atoms with E-state index in [-0.39, 0.29) is 34.8 Å². The van der Waals surface area contributed by atoms with Gasteiger partial charge >= 0.3 is 11.9 Å². The summed E-state index contributed by atoms with van der Waals surface area (Å²) in [6.07, 6.45) is 10.4. The molecule has 190 valence electrons. The molecule has 9 atom stereocenters. The van der Waals surface area contributed by atoms with E-state index in [1.54, 1.807) is 6.26 Å². The van der Waals surface area contributed by atoms with Crippen molar-refractivity contribution in [3.05, 3.63) is 11.8 Å². The Morgan fingerprint density at radius 3 is 2.12 bits per heavy atom. The van der Waals surface area contributed by atoms with Crippen LogP contribution in [0.4, 0.5) is 0 Å². The number of esters is 2. The molecule has 0 aromatic rings. The van der Waals surface area contributed by atoms with Gasteiger partial charge in [0, 0.05) is 19.4 Å². The Kier molecular flexibility index (Phi) is 5.50. The van der Waals surface area contributed by atoms with Crippen LogP contribution in [0.25, 0.3) is 0 Å². The van der Waals surface area contributed by atoms with E-state index in [0.29, 0.717) is 22.7 Å².